The van der Waals surface area contributed by atoms with Crippen molar-refractivity contribution in [2.45, 2.75) is 13.5 Å². The summed E-state index contributed by atoms with van der Waals surface area (Å²) >= 11 is 0. The number of hydrogen-bond donors (Lipinski definition) is 1. The minimum Gasteiger partial charge on any atom is -0.487 e. The molecule has 0 aliphatic heterocycles. The smallest absolute Gasteiger partial charge is 0.336 e. The number of fused-ring (bicyclic) bond motifs is 2. The lowest BCUT2D eigenvalue weighted by atomic mass is 10.2. The van der Waals surface area contributed by atoms with E-state index in [2.05, 4.69) is 10.3 Å². The third-order valence-electron chi connectivity index (χ3n) is 5.11. The van der Waals surface area contributed by atoms with E-state index in [0.717, 1.165) is 22.3 Å². The zero-order valence-electron chi connectivity index (χ0n) is 17.2. The fourth-order valence-electron chi connectivity index (χ4n) is 3.49. The van der Waals surface area contributed by atoms with Crippen molar-refractivity contribution in [3.05, 3.63) is 106 Å². The third-order valence-corrected chi connectivity index (χ3v) is 5.11. The third kappa shape index (κ3) is 3.96. The van der Waals surface area contributed by atoms with Crippen LogP contribution in [0.2, 0.25) is 0 Å². The van der Waals surface area contributed by atoms with Crippen molar-refractivity contribution in [3.8, 4) is 5.75 Å². The highest BCUT2D eigenvalue weighted by atomic mass is 16.5. The molecule has 0 aliphatic carbocycles. The van der Waals surface area contributed by atoms with Crippen LogP contribution in [-0.4, -0.2) is 15.3 Å². The van der Waals surface area contributed by atoms with Gasteiger partial charge in [-0.15, -0.1) is 0 Å². The Hall–Kier alpha value is -4.39. The van der Waals surface area contributed by atoms with Gasteiger partial charge in [0.1, 0.15) is 23.6 Å². The average Bonchev–Trinajstić information content (AvgIpc) is 3.23. The lowest BCUT2D eigenvalue weighted by molar-refractivity contribution is 0.102. The first kappa shape index (κ1) is 19.6. The second kappa shape index (κ2) is 8.03. The number of benzene rings is 2. The van der Waals surface area contributed by atoms with E-state index in [1.807, 2.05) is 35.9 Å². The molecule has 5 aromatic rings. The number of rotatable bonds is 5. The molecule has 0 spiro atoms. The molecule has 0 radical (unpaired) electrons. The van der Waals surface area contributed by atoms with Crippen molar-refractivity contribution in [2.75, 3.05) is 5.32 Å². The molecule has 7 heteroatoms. The van der Waals surface area contributed by atoms with E-state index in [0.29, 0.717) is 29.2 Å². The highest BCUT2D eigenvalue weighted by Gasteiger charge is 2.09. The number of nitrogens with one attached hydrogen (secondary N) is 1. The molecule has 32 heavy (non-hydrogen) atoms. The summed E-state index contributed by atoms with van der Waals surface area (Å²) in [5.41, 5.74) is 4.01. The number of carbonyl (C=O) groups is 1. The normalized spacial score (nSPS) is 11.0. The van der Waals surface area contributed by atoms with Gasteiger partial charge in [-0.2, -0.15) is 0 Å². The van der Waals surface area contributed by atoms with Gasteiger partial charge in [0.05, 0.1) is 5.69 Å². The van der Waals surface area contributed by atoms with Gasteiger partial charge in [0, 0.05) is 35.1 Å². The molecule has 1 N–H and O–H groups in total. The Kier molecular flexibility index (Phi) is 4.91. The van der Waals surface area contributed by atoms with Crippen molar-refractivity contribution in [3.63, 3.8) is 0 Å². The van der Waals surface area contributed by atoms with Crippen LogP contribution in [0.3, 0.4) is 0 Å². The number of nitrogens with zero attached hydrogens (tertiary/aromatic N) is 2. The van der Waals surface area contributed by atoms with Gasteiger partial charge in [-0.1, -0.05) is 6.07 Å². The molecule has 0 atom stereocenters. The van der Waals surface area contributed by atoms with Gasteiger partial charge in [-0.05, 0) is 67.1 Å². The molecule has 0 saturated heterocycles. The van der Waals surface area contributed by atoms with Crippen LogP contribution in [0.15, 0.2) is 88.3 Å². The number of carbonyl (C=O) groups excluding carboxylic acids is 1. The molecular weight excluding hydrogens is 406 g/mol. The lowest BCUT2D eigenvalue weighted by Crippen LogP contribution is -2.11. The predicted molar refractivity (Wildman–Crippen MR) is 121 cm³/mol. The summed E-state index contributed by atoms with van der Waals surface area (Å²) in [5, 5.41) is 3.58. The first-order valence-electron chi connectivity index (χ1n) is 10.1. The fraction of sp³-hybridized carbons (Fsp3) is 0.0800. The van der Waals surface area contributed by atoms with E-state index >= 15 is 0 Å². The topological polar surface area (TPSA) is 85.8 Å². The molecule has 5 rings (SSSR count). The number of aryl methyl sites for hydroxylation is 1. The summed E-state index contributed by atoms with van der Waals surface area (Å²) in [7, 11) is 0. The maximum atomic E-state index is 12.6. The summed E-state index contributed by atoms with van der Waals surface area (Å²) in [6.45, 7) is 2.35. The van der Waals surface area contributed by atoms with E-state index in [4.69, 9.17) is 9.15 Å². The number of aromatic nitrogens is 2. The Morgan fingerprint density at radius 1 is 1.09 bits per heavy atom. The Morgan fingerprint density at radius 2 is 1.94 bits per heavy atom. The number of anilines is 1. The van der Waals surface area contributed by atoms with E-state index in [-0.39, 0.29) is 5.91 Å². The second-order valence-corrected chi connectivity index (χ2v) is 7.43. The van der Waals surface area contributed by atoms with Crippen LogP contribution in [-0.2, 0) is 6.61 Å². The van der Waals surface area contributed by atoms with Crippen LogP contribution in [0.1, 0.15) is 21.6 Å². The van der Waals surface area contributed by atoms with Gasteiger partial charge >= 0.3 is 5.63 Å². The van der Waals surface area contributed by atoms with Gasteiger partial charge in [-0.25, -0.2) is 9.78 Å². The van der Waals surface area contributed by atoms with Crippen LogP contribution >= 0.6 is 0 Å². The van der Waals surface area contributed by atoms with E-state index < -0.39 is 5.63 Å². The van der Waals surface area contributed by atoms with Crippen LogP contribution in [0.4, 0.5) is 5.69 Å². The summed E-state index contributed by atoms with van der Waals surface area (Å²) in [4.78, 5) is 28.5. The van der Waals surface area contributed by atoms with E-state index in [1.165, 1.54) is 6.07 Å². The predicted octanol–water partition coefficient (Wildman–Crippen LogP) is 4.58. The molecule has 158 valence electrons. The molecule has 0 saturated carbocycles. The molecular formula is C25H19N3O4. The molecule has 0 aliphatic rings. The standard InChI is InChI=1S/C25H19N3O4/c1-16-3-2-12-28-14-20(26-24(16)28)15-31-21-8-4-17(5-9-21)25(30)27-19-7-10-22-18(13-19)6-11-23(29)32-22/h2-14H,15H2,1H3,(H,27,30). The minimum atomic E-state index is -0.409. The van der Waals surface area contributed by atoms with Crippen LogP contribution in [0.5, 0.6) is 5.75 Å². The molecule has 7 nitrogen and oxygen atoms in total. The lowest BCUT2D eigenvalue weighted by Gasteiger charge is -2.08. The zero-order valence-corrected chi connectivity index (χ0v) is 17.2. The number of pyridine rings is 1. The quantitative estimate of drug-likeness (QED) is 0.417. The van der Waals surface area contributed by atoms with Gasteiger partial charge < -0.3 is 18.9 Å². The SMILES string of the molecule is Cc1cccn2cc(COc3ccc(C(=O)Nc4ccc5oc(=O)ccc5c4)cc3)nc12. The van der Waals surface area contributed by atoms with Gasteiger partial charge in [0.2, 0.25) is 0 Å². The monoisotopic (exact) mass is 425 g/mol. The molecule has 3 aromatic heterocycles. The molecule has 0 bridgehead atoms. The summed E-state index contributed by atoms with van der Waals surface area (Å²) < 4.78 is 12.9. The number of ether oxygens (including phenoxy) is 1. The maximum absolute atomic E-state index is 12.6. The zero-order chi connectivity index (χ0) is 22.1. The highest BCUT2D eigenvalue weighted by Crippen LogP contribution is 2.20. The second-order valence-electron chi connectivity index (χ2n) is 7.43. The van der Waals surface area contributed by atoms with Crippen LogP contribution in [0, 0.1) is 6.92 Å². The van der Waals surface area contributed by atoms with Crippen molar-refractivity contribution >= 4 is 28.2 Å². The summed E-state index contributed by atoms with van der Waals surface area (Å²) in [5.74, 6) is 0.403. The molecule has 3 heterocycles. The van der Waals surface area contributed by atoms with Gasteiger partial charge in [-0.3, -0.25) is 4.79 Å². The number of hydrogen-bond acceptors (Lipinski definition) is 5. The Morgan fingerprint density at radius 3 is 2.75 bits per heavy atom. The first-order chi connectivity index (χ1) is 15.5. The van der Waals surface area contributed by atoms with E-state index in [1.54, 1.807) is 48.5 Å². The van der Waals surface area contributed by atoms with Crippen LogP contribution < -0.4 is 15.7 Å². The molecule has 0 fully saturated rings. The molecule has 0 unspecified atom stereocenters. The first-order valence-corrected chi connectivity index (χ1v) is 10.1. The Bertz CT molecular complexity index is 1500. The summed E-state index contributed by atoms with van der Waals surface area (Å²) in [6, 6.07) is 19.0. The maximum Gasteiger partial charge on any atom is 0.336 e. The average molecular weight is 425 g/mol. The van der Waals surface area contributed by atoms with Crippen molar-refractivity contribution in [1.29, 1.82) is 0 Å². The number of imidazole rings is 1. The Labute approximate surface area is 182 Å². The van der Waals surface area contributed by atoms with E-state index in [9.17, 15) is 9.59 Å². The molecule has 2 aromatic carbocycles. The Balaban J connectivity index is 1.24. The summed E-state index contributed by atoms with van der Waals surface area (Å²) in [6.07, 6.45) is 3.90. The van der Waals surface area contributed by atoms with Crippen molar-refractivity contribution < 1.29 is 13.9 Å². The van der Waals surface area contributed by atoms with Gasteiger partial charge in [0.25, 0.3) is 5.91 Å². The van der Waals surface area contributed by atoms with Gasteiger partial charge in [0.15, 0.2) is 0 Å². The van der Waals surface area contributed by atoms with Crippen molar-refractivity contribution in [1.82, 2.24) is 9.38 Å². The minimum absolute atomic E-state index is 0.246. The van der Waals surface area contributed by atoms with Crippen LogP contribution in [0.25, 0.3) is 16.6 Å². The largest absolute Gasteiger partial charge is 0.487 e. The van der Waals surface area contributed by atoms with Crippen molar-refractivity contribution in [2.24, 2.45) is 0 Å². The molecule has 1 amide bonds. The highest BCUT2D eigenvalue weighted by molar-refractivity contribution is 6.05. The fourth-order valence-corrected chi connectivity index (χ4v) is 3.49. The number of amides is 1.